The summed E-state index contributed by atoms with van der Waals surface area (Å²) >= 11 is 11.8. The van der Waals surface area contributed by atoms with Gasteiger partial charge in [-0.25, -0.2) is 9.97 Å². The molecule has 1 N–H and O–H groups in total. The van der Waals surface area contributed by atoms with E-state index in [1.807, 2.05) is 6.92 Å². The number of rotatable bonds is 4. The van der Waals surface area contributed by atoms with Crippen LogP contribution >= 0.6 is 23.2 Å². The number of anilines is 1. The molecule has 0 atom stereocenters. The number of carbonyl (C=O) groups is 1. The Bertz CT molecular complexity index is 619. The van der Waals surface area contributed by atoms with Gasteiger partial charge in [0.25, 0.3) is 5.91 Å². The second-order valence-corrected chi connectivity index (χ2v) is 5.17. The topological polar surface area (TPSA) is 59.8 Å². The summed E-state index contributed by atoms with van der Waals surface area (Å²) in [6, 6.07) is 3.23. The third kappa shape index (κ3) is 3.49. The first kappa shape index (κ1) is 14.8. The summed E-state index contributed by atoms with van der Waals surface area (Å²) in [4.78, 5) is 20.3. The van der Waals surface area contributed by atoms with E-state index >= 15 is 0 Å². The molecule has 0 unspecified atom stereocenters. The van der Waals surface area contributed by atoms with E-state index in [9.17, 15) is 4.79 Å². The second kappa shape index (κ2) is 6.24. The van der Waals surface area contributed by atoms with Crippen molar-refractivity contribution in [3.05, 3.63) is 39.9 Å². The molecule has 0 aromatic carbocycles. The molecule has 0 bridgehead atoms. The number of hydrogen-bond acceptors (Lipinski definition) is 3. The number of aromatic nitrogens is 3. The molecular formula is C13H14Cl2N4O. The molecule has 1 amide bonds. The molecule has 20 heavy (non-hydrogen) atoms. The van der Waals surface area contributed by atoms with Crippen LogP contribution in [0.2, 0.25) is 10.2 Å². The molecule has 2 aromatic heterocycles. The highest BCUT2D eigenvalue weighted by molar-refractivity contribution is 6.31. The van der Waals surface area contributed by atoms with Crippen LogP contribution in [0.25, 0.3) is 0 Å². The lowest BCUT2D eigenvalue weighted by molar-refractivity contribution is 0.101. The lowest BCUT2D eigenvalue weighted by atomic mass is 10.4. The van der Waals surface area contributed by atoms with Gasteiger partial charge >= 0.3 is 0 Å². The highest BCUT2D eigenvalue weighted by atomic mass is 35.5. The Kier molecular flexibility index (Phi) is 4.62. The van der Waals surface area contributed by atoms with Crippen molar-refractivity contribution < 1.29 is 4.79 Å². The van der Waals surface area contributed by atoms with Crippen molar-refractivity contribution >= 4 is 35.1 Å². The average molecular weight is 313 g/mol. The van der Waals surface area contributed by atoms with Gasteiger partial charge in [-0.3, -0.25) is 10.1 Å². The number of aryl methyl sites for hydroxylation is 2. The summed E-state index contributed by atoms with van der Waals surface area (Å²) in [7, 11) is 0. The predicted octanol–water partition coefficient (Wildman–Crippen LogP) is 3.56. The average Bonchev–Trinajstić information content (AvgIpc) is 2.69. The van der Waals surface area contributed by atoms with Crippen LogP contribution in [-0.4, -0.2) is 20.4 Å². The highest BCUT2D eigenvalue weighted by Crippen LogP contribution is 2.16. The molecular weight excluding hydrogens is 299 g/mol. The van der Waals surface area contributed by atoms with Gasteiger partial charge in [0.2, 0.25) is 5.95 Å². The molecule has 2 aromatic rings. The SMILES string of the molecule is CCCn1cc(Cl)cc1C(=O)Nc1nc(C)cc(Cl)n1. The number of halogens is 2. The molecule has 0 aliphatic heterocycles. The van der Waals surface area contributed by atoms with E-state index in [0.29, 0.717) is 23.0 Å². The Hall–Kier alpha value is -1.59. The van der Waals surface area contributed by atoms with Crippen molar-refractivity contribution in [2.45, 2.75) is 26.8 Å². The fraction of sp³-hybridized carbons (Fsp3) is 0.308. The first-order chi connectivity index (χ1) is 9.49. The van der Waals surface area contributed by atoms with E-state index in [-0.39, 0.29) is 17.0 Å². The molecule has 0 saturated heterocycles. The van der Waals surface area contributed by atoms with Gasteiger partial charge in [0.15, 0.2) is 0 Å². The molecule has 0 spiro atoms. The molecule has 0 saturated carbocycles. The minimum absolute atomic E-state index is 0.181. The summed E-state index contributed by atoms with van der Waals surface area (Å²) in [5, 5.41) is 3.43. The number of nitrogens with zero attached hydrogens (tertiary/aromatic N) is 3. The van der Waals surface area contributed by atoms with Crippen LogP contribution in [0.15, 0.2) is 18.3 Å². The Labute approximate surface area is 126 Å². The second-order valence-electron chi connectivity index (χ2n) is 4.35. The van der Waals surface area contributed by atoms with Crippen LogP contribution in [-0.2, 0) is 6.54 Å². The summed E-state index contributed by atoms with van der Waals surface area (Å²) in [5.74, 6) is -0.132. The first-order valence-corrected chi connectivity index (χ1v) is 6.93. The van der Waals surface area contributed by atoms with E-state index in [2.05, 4.69) is 15.3 Å². The van der Waals surface area contributed by atoms with Crippen LogP contribution in [0.3, 0.4) is 0 Å². The molecule has 2 heterocycles. The van der Waals surface area contributed by atoms with Gasteiger partial charge in [0.05, 0.1) is 5.02 Å². The van der Waals surface area contributed by atoms with Gasteiger partial charge in [-0.1, -0.05) is 30.1 Å². The van der Waals surface area contributed by atoms with Crippen molar-refractivity contribution in [1.29, 1.82) is 0 Å². The Morgan fingerprint density at radius 1 is 1.35 bits per heavy atom. The summed E-state index contributed by atoms with van der Waals surface area (Å²) in [6.45, 7) is 4.52. The zero-order valence-corrected chi connectivity index (χ0v) is 12.7. The lowest BCUT2D eigenvalue weighted by Crippen LogP contribution is -2.18. The fourth-order valence-electron chi connectivity index (χ4n) is 1.84. The van der Waals surface area contributed by atoms with Crippen LogP contribution < -0.4 is 5.32 Å². The van der Waals surface area contributed by atoms with Gasteiger partial charge in [0.1, 0.15) is 10.8 Å². The third-order valence-corrected chi connectivity index (χ3v) is 3.01. The standard InChI is InChI=1S/C13H14Cl2N4O/c1-3-4-19-7-9(14)6-10(19)12(20)18-13-16-8(2)5-11(15)17-13/h5-7H,3-4H2,1-2H3,(H,16,17,18,20). The van der Waals surface area contributed by atoms with Crippen molar-refractivity contribution in [2.75, 3.05) is 5.32 Å². The predicted molar refractivity (Wildman–Crippen MR) is 79.5 cm³/mol. The summed E-state index contributed by atoms with van der Waals surface area (Å²) in [6.07, 6.45) is 2.63. The van der Waals surface area contributed by atoms with E-state index in [1.54, 1.807) is 29.8 Å². The Morgan fingerprint density at radius 2 is 2.10 bits per heavy atom. The van der Waals surface area contributed by atoms with E-state index in [0.717, 1.165) is 6.42 Å². The van der Waals surface area contributed by atoms with Crippen molar-refractivity contribution in [3.63, 3.8) is 0 Å². The van der Waals surface area contributed by atoms with Crippen molar-refractivity contribution in [2.24, 2.45) is 0 Å². The van der Waals surface area contributed by atoms with Crippen molar-refractivity contribution in [1.82, 2.24) is 14.5 Å². The number of hydrogen-bond donors (Lipinski definition) is 1. The van der Waals surface area contributed by atoms with Gasteiger partial charge in [-0.2, -0.15) is 0 Å². The van der Waals surface area contributed by atoms with Crippen LogP contribution in [0.5, 0.6) is 0 Å². The molecule has 0 aliphatic rings. The molecule has 2 rings (SSSR count). The molecule has 0 aliphatic carbocycles. The number of nitrogens with one attached hydrogen (secondary N) is 1. The third-order valence-electron chi connectivity index (χ3n) is 2.61. The smallest absolute Gasteiger partial charge is 0.274 e. The first-order valence-electron chi connectivity index (χ1n) is 6.18. The lowest BCUT2D eigenvalue weighted by Gasteiger charge is -2.08. The maximum atomic E-state index is 12.2. The van der Waals surface area contributed by atoms with Gasteiger partial charge < -0.3 is 4.57 Å². The largest absolute Gasteiger partial charge is 0.342 e. The maximum absolute atomic E-state index is 12.2. The molecule has 106 valence electrons. The zero-order chi connectivity index (χ0) is 14.7. The van der Waals surface area contributed by atoms with Gasteiger partial charge in [-0.15, -0.1) is 0 Å². The molecule has 7 heteroatoms. The molecule has 5 nitrogen and oxygen atoms in total. The normalized spacial score (nSPS) is 10.6. The number of amides is 1. The summed E-state index contributed by atoms with van der Waals surface area (Å²) in [5.41, 5.74) is 1.15. The molecule has 0 fully saturated rings. The molecule has 0 radical (unpaired) electrons. The van der Waals surface area contributed by atoms with E-state index < -0.39 is 0 Å². The fourth-order valence-corrected chi connectivity index (χ4v) is 2.30. The van der Waals surface area contributed by atoms with Crippen molar-refractivity contribution in [3.8, 4) is 0 Å². The van der Waals surface area contributed by atoms with Gasteiger partial charge in [-0.05, 0) is 25.5 Å². The highest BCUT2D eigenvalue weighted by Gasteiger charge is 2.14. The maximum Gasteiger partial charge on any atom is 0.274 e. The van der Waals surface area contributed by atoms with Gasteiger partial charge in [0, 0.05) is 18.4 Å². The van der Waals surface area contributed by atoms with E-state index in [1.165, 1.54) is 0 Å². The van der Waals surface area contributed by atoms with Crippen LogP contribution in [0.1, 0.15) is 29.5 Å². The zero-order valence-electron chi connectivity index (χ0n) is 11.2. The van der Waals surface area contributed by atoms with E-state index in [4.69, 9.17) is 23.2 Å². The summed E-state index contributed by atoms with van der Waals surface area (Å²) < 4.78 is 1.80. The quantitative estimate of drug-likeness (QED) is 0.878. The minimum Gasteiger partial charge on any atom is -0.342 e. The Balaban J connectivity index is 2.23. The monoisotopic (exact) mass is 312 g/mol. The number of carbonyl (C=O) groups excluding carboxylic acids is 1. The van der Waals surface area contributed by atoms with Crippen LogP contribution in [0.4, 0.5) is 5.95 Å². The Morgan fingerprint density at radius 3 is 2.75 bits per heavy atom. The van der Waals surface area contributed by atoms with Crippen LogP contribution in [0, 0.1) is 6.92 Å². The minimum atomic E-state index is -0.313.